The van der Waals surface area contributed by atoms with E-state index in [1.807, 2.05) is 20.8 Å². The number of aliphatic carboxylic acids is 1. The van der Waals surface area contributed by atoms with E-state index in [-0.39, 0.29) is 31.5 Å². The molecule has 1 atom stereocenters. The number of hydrogen-bond acceptors (Lipinski definition) is 3. The number of urea groups is 1. The number of nitrogens with zero attached hydrogens (tertiary/aromatic N) is 1. The Balaban J connectivity index is 4.28. The number of rotatable bonds is 9. The number of nitrogens with one attached hydrogen (secondary N) is 1. The van der Waals surface area contributed by atoms with Crippen molar-refractivity contribution in [2.75, 3.05) is 26.2 Å². The summed E-state index contributed by atoms with van der Waals surface area (Å²) >= 11 is 0. The zero-order valence-electron chi connectivity index (χ0n) is 12.1. The van der Waals surface area contributed by atoms with E-state index in [0.29, 0.717) is 19.0 Å². The van der Waals surface area contributed by atoms with Crippen LogP contribution in [0.2, 0.25) is 0 Å². The second-order valence-electron chi connectivity index (χ2n) is 5.08. The minimum atomic E-state index is -0.845. The van der Waals surface area contributed by atoms with Crippen molar-refractivity contribution >= 4 is 12.0 Å². The van der Waals surface area contributed by atoms with Crippen LogP contribution in [0.4, 0.5) is 4.79 Å². The first-order chi connectivity index (χ1) is 8.90. The van der Waals surface area contributed by atoms with Crippen LogP contribution in [0.3, 0.4) is 0 Å². The van der Waals surface area contributed by atoms with E-state index in [2.05, 4.69) is 5.32 Å². The number of carboxylic acids is 1. The molecule has 112 valence electrons. The highest BCUT2D eigenvalue weighted by Gasteiger charge is 2.17. The fourth-order valence-corrected chi connectivity index (χ4v) is 2.02. The van der Waals surface area contributed by atoms with Crippen molar-refractivity contribution in [3.8, 4) is 0 Å². The average Bonchev–Trinajstić information content (AvgIpc) is 2.31. The van der Waals surface area contributed by atoms with E-state index in [9.17, 15) is 9.59 Å². The molecule has 0 saturated heterocycles. The Hall–Kier alpha value is -1.30. The molecule has 0 rings (SSSR count). The average molecular weight is 274 g/mol. The second-order valence-corrected chi connectivity index (χ2v) is 5.08. The van der Waals surface area contributed by atoms with E-state index in [1.165, 1.54) is 4.90 Å². The maximum atomic E-state index is 11.8. The zero-order valence-corrected chi connectivity index (χ0v) is 12.1. The van der Waals surface area contributed by atoms with Crippen molar-refractivity contribution in [2.45, 2.75) is 33.6 Å². The summed E-state index contributed by atoms with van der Waals surface area (Å²) in [6, 6.07) is -0.254. The van der Waals surface area contributed by atoms with Crippen LogP contribution in [-0.4, -0.2) is 53.4 Å². The van der Waals surface area contributed by atoms with Gasteiger partial charge in [-0.1, -0.05) is 13.8 Å². The Labute approximate surface area is 114 Å². The summed E-state index contributed by atoms with van der Waals surface area (Å²) in [7, 11) is 0. The standard InChI is InChI=1S/C13H26N2O4/c1-4-15(5-6-16)13(19)14-9-11(7-10(2)3)8-12(17)18/h10-11,16H,4-9H2,1-3H3,(H,14,19)(H,17,18)/t11-/m0/s1. The maximum Gasteiger partial charge on any atom is 0.317 e. The molecular weight excluding hydrogens is 248 g/mol. The zero-order chi connectivity index (χ0) is 14.8. The second kappa shape index (κ2) is 9.61. The topological polar surface area (TPSA) is 89.9 Å². The maximum absolute atomic E-state index is 11.8. The van der Waals surface area contributed by atoms with E-state index < -0.39 is 5.97 Å². The van der Waals surface area contributed by atoms with E-state index in [0.717, 1.165) is 6.42 Å². The third kappa shape index (κ3) is 8.42. The molecular formula is C13H26N2O4. The molecule has 0 bridgehead atoms. The molecule has 2 amide bonds. The molecule has 6 nitrogen and oxygen atoms in total. The summed E-state index contributed by atoms with van der Waals surface area (Å²) in [6.07, 6.45) is 0.823. The fraction of sp³-hybridized carbons (Fsp3) is 0.846. The summed E-state index contributed by atoms with van der Waals surface area (Å²) in [5.74, 6) is -0.516. The van der Waals surface area contributed by atoms with Gasteiger partial charge in [0.2, 0.25) is 0 Å². The van der Waals surface area contributed by atoms with Crippen LogP contribution in [0, 0.1) is 11.8 Å². The van der Waals surface area contributed by atoms with Gasteiger partial charge in [0.25, 0.3) is 0 Å². The van der Waals surface area contributed by atoms with Gasteiger partial charge < -0.3 is 20.4 Å². The lowest BCUT2D eigenvalue weighted by Crippen LogP contribution is -2.43. The molecule has 3 N–H and O–H groups in total. The number of carbonyl (C=O) groups excluding carboxylic acids is 1. The van der Waals surface area contributed by atoms with Gasteiger partial charge in [-0.2, -0.15) is 0 Å². The van der Waals surface area contributed by atoms with Crippen LogP contribution in [0.15, 0.2) is 0 Å². The fourth-order valence-electron chi connectivity index (χ4n) is 2.02. The molecule has 6 heteroatoms. The smallest absolute Gasteiger partial charge is 0.317 e. The van der Waals surface area contributed by atoms with Crippen LogP contribution in [0.25, 0.3) is 0 Å². The molecule has 0 fully saturated rings. The number of carbonyl (C=O) groups is 2. The van der Waals surface area contributed by atoms with Gasteiger partial charge in [-0.3, -0.25) is 4.79 Å². The molecule has 0 radical (unpaired) electrons. The van der Waals surface area contributed by atoms with Crippen molar-refractivity contribution < 1.29 is 19.8 Å². The molecule has 0 aliphatic carbocycles. The number of likely N-dealkylation sites (N-methyl/N-ethyl adjacent to an activating group) is 1. The number of aliphatic hydroxyl groups is 1. The van der Waals surface area contributed by atoms with Gasteiger partial charge in [0, 0.05) is 26.1 Å². The lowest BCUT2D eigenvalue weighted by Gasteiger charge is -2.23. The number of carboxylic acid groups (broad SMARTS) is 1. The first kappa shape index (κ1) is 17.7. The Kier molecular flexibility index (Phi) is 8.95. The Morgan fingerprint density at radius 1 is 1.32 bits per heavy atom. The van der Waals surface area contributed by atoms with Crippen molar-refractivity contribution in [2.24, 2.45) is 11.8 Å². The molecule has 0 saturated carbocycles. The molecule has 0 aliphatic rings. The molecule has 0 aliphatic heterocycles. The van der Waals surface area contributed by atoms with Crippen LogP contribution in [0.5, 0.6) is 0 Å². The highest BCUT2D eigenvalue weighted by Crippen LogP contribution is 2.14. The number of aliphatic hydroxyl groups excluding tert-OH is 1. The molecule has 0 heterocycles. The molecule has 19 heavy (non-hydrogen) atoms. The minimum absolute atomic E-state index is 0.0601. The molecule has 0 spiro atoms. The first-order valence-electron chi connectivity index (χ1n) is 6.76. The van der Waals surface area contributed by atoms with Crippen LogP contribution < -0.4 is 5.32 Å². The van der Waals surface area contributed by atoms with Crippen molar-refractivity contribution in [1.82, 2.24) is 10.2 Å². The van der Waals surface area contributed by atoms with E-state index >= 15 is 0 Å². The Morgan fingerprint density at radius 3 is 2.37 bits per heavy atom. The molecule has 0 aromatic rings. The highest BCUT2D eigenvalue weighted by atomic mass is 16.4. The largest absolute Gasteiger partial charge is 0.481 e. The predicted octanol–water partition coefficient (Wildman–Crippen LogP) is 1.15. The first-order valence-corrected chi connectivity index (χ1v) is 6.76. The van der Waals surface area contributed by atoms with Gasteiger partial charge in [0.1, 0.15) is 0 Å². The third-order valence-corrected chi connectivity index (χ3v) is 2.85. The van der Waals surface area contributed by atoms with Gasteiger partial charge in [-0.15, -0.1) is 0 Å². The number of amides is 2. The lowest BCUT2D eigenvalue weighted by molar-refractivity contribution is -0.138. The van der Waals surface area contributed by atoms with Crippen molar-refractivity contribution in [1.29, 1.82) is 0 Å². The monoisotopic (exact) mass is 274 g/mol. The van der Waals surface area contributed by atoms with Crippen molar-refractivity contribution in [3.63, 3.8) is 0 Å². The highest BCUT2D eigenvalue weighted by molar-refractivity contribution is 5.74. The number of hydrogen-bond donors (Lipinski definition) is 3. The summed E-state index contributed by atoms with van der Waals surface area (Å²) in [5, 5.41) is 20.4. The van der Waals surface area contributed by atoms with Gasteiger partial charge in [0.05, 0.1) is 6.61 Å². The summed E-state index contributed by atoms with van der Waals surface area (Å²) in [4.78, 5) is 24.1. The SMILES string of the molecule is CCN(CCO)C(=O)NC[C@H](CC(=O)O)CC(C)C. The van der Waals surface area contributed by atoms with Gasteiger partial charge >= 0.3 is 12.0 Å². The predicted molar refractivity (Wildman–Crippen MR) is 72.9 cm³/mol. The summed E-state index contributed by atoms with van der Waals surface area (Å²) in [5.41, 5.74) is 0. The van der Waals surface area contributed by atoms with Gasteiger partial charge in [-0.05, 0) is 25.2 Å². The molecule has 0 aromatic heterocycles. The van der Waals surface area contributed by atoms with Gasteiger partial charge in [0.15, 0.2) is 0 Å². The minimum Gasteiger partial charge on any atom is -0.481 e. The Morgan fingerprint density at radius 2 is 1.95 bits per heavy atom. The van der Waals surface area contributed by atoms with Crippen LogP contribution in [0.1, 0.15) is 33.6 Å². The van der Waals surface area contributed by atoms with Crippen LogP contribution >= 0.6 is 0 Å². The third-order valence-electron chi connectivity index (χ3n) is 2.85. The quantitative estimate of drug-likeness (QED) is 0.588. The molecule has 0 aromatic carbocycles. The molecule has 0 unspecified atom stereocenters. The Bertz CT molecular complexity index is 282. The van der Waals surface area contributed by atoms with Gasteiger partial charge in [-0.25, -0.2) is 4.79 Å². The lowest BCUT2D eigenvalue weighted by atomic mass is 9.94. The van der Waals surface area contributed by atoms with Crippen LogP contribution in [-0.2, 0) is 4.79 Å². The van der Waals surface area contributed by atoms with Crippen molar-refractivity contribution in [3.05, 3.63) is 0 Å². The van der Waals surface area contributed by atoms with E-state index in [1.54, 1.807) is 0 Å². The summed E-state index contributed by atoms with van der Waals surface area (Å²) < 4.78 is 0. The van der Waals surface area contributed by atoms with E-state index in [4.69, 9.17) is 10.2 Å². The summed E-state index contributed by atoms with van der Waals surface area (Å²) in [6.45, 7) is 6.97. The normalized spacial score (nSPS) is 12.3.